The van der Waals surface area contributed by atoms with Crippen LogP contribution < -0.4 is 5.56 Å². The Labute approximate surface area is 121 Å². The highest BCUT2D eigenvalue weighted by atomic mass is 16.3. The van der Waals surface area contributed by atoms with Gasteiger partial charge in [0.05, 0.1) is 5.56 Å². The van der Waals surface area contributed by atoms with E-state index in [4.69, 9.17) is 0 Å². The van der Waals surface area contributed by atoms with Crippen molar-refractivity contribution in [3.05, 3.63) is 27.2 Å². The predicted octanol–water partition coefficient (Wildman–Crippen LogP) is 4.31. The Morgan fingerprint density at radius 2 is 1.45 bits per heavy atom. The lowest BCUT2D eigenvalue weighted by atomic mass is 9.86. The molecule has 2 N–H and O–H groups in total. The van der Waals surface area contributed by atoms with E-state index in [0.717, 1.165) is 36.9 Å². The van der Waals surface area contributed by atoms with E-state index in [0.29, 0.717) is 5.56 Å². The van der Waals surface area contributed by atoms with Crippen molar-refractivity contribution in [2.75, 3.05) is 0 Å². The molecule has 1 fully saturated rings. The fourth-order valence-electron chi connectivity index (χ4n) is 3.30. The molecule has 0 aliphatic heterocycles. The fraction of sp³-hybridized carbons (Fsp3) is 0.706. The van der Waals surface area contributed by atoms with Gasteiger partial charge in [-0.25, -0.2) is 0 Å². The first-order valence-electron chi connectivity index (χ1n) is 8.03. The van der Waals surface area contributed by atoms with E-state index in [-0.39, 0.29) is 17.2 Å². The lowest BCUT2D eigenvalue weighted by Gasteiger charge is -2.20. The standard InChI is InChI=1S/C17H27NO2/c1-12-13(2)18-17(20)15(16(12)19)14-10-8-6-4-3-5-7-9-11-14/h14H,3-11H2,1-2H3,(H2,18,19,20). The summed E-state index contributed by atoms with van der Waals surface area (Å²) in [6.07, 6.45) is 10.8. The molecule has 0 bridgehead atoms. The van der Waals surface area contributed by atoms with Crippen molar-refractivity contribution < 1.29 is 5.11 Å². The lowest BCUT2D eigenvalue weighted by molar-refractivity contribution is 0.423. The molecule has 0 atom stereocenters. The van der Waals surface area contributed by atoms with Crippen LogP contribution in [0.1, 0.15) is 80.5 Å². The molecular formula is C17H27NO2. The number of aryl methyl sites for hydroxylation is 1. The van der Waals surface area contributed by atoms with Crippen LogP contribution in [0.25, 0.3) is 0 Å². The summed E-state index contributed by atoms with van der Waals surface area (Å²) in [6, 6.07) is 0. The maximum absolute atomic E-state index is 12.2. The van der Waals surface area contributed by atoms with E-state index < -0.39 is 0 Å². The summed E-state index contributed by atoms with van der Waals surface area (Å²) in [7, 11) is 0. The number of hydrogen-bond donors (Lipinski definition) is 2. The minimum atomic E-state index is -0.0901. The Hall–Kier alpha value is -1.25. The Bertz CT molecular complexity index is 494. The monoisotopic (exact) mass is 277 g/mol. The van der Waals surface area contributed by atoms with Gasteiger partial charge in [-0.15, -0.1) is 0 Å². The highest BCUT2D eigenvalue weighted by Crippen LogP contribution is 2.34. The normalized spacial score (nSPS) is 18.9. The summed E-state index contributed by atoms with van der Waals surface area (Å²) in [4.78, 5) is 15.1. The maximum atomic E-state index is 12.2. The van der Waals surface area contributed by atoms with Crippen LogP contribution in [0, 0.1) is 13.8 Å². The maximum Gasteiger partial charge on any atom is 0.255 e. The minimum Gasteiger partial charge on any atom is -0.507 e. The van der Waals surface area contributed by atoms with Crippen LogP contribution in [0.3, 0.4) is 0 Å². The third-order valence-corrected chi connectivity index (χ3v) is 4.73. The molecule has 0 saturated heterocycles. The molecule has 0 spiro atoms. The Balaban J connectivity index is 2.27. The van der Waals surface area contributed by atoms with Crippen LogP contribution in [-0.2, 0) is 0 Å². The van der Waals surface area contributed by atoms with Gasteiger partial charge in [0.15, 0.2) is 0 Å². The molecule has 1 heterocycles. The molecule has 0 unspecified atom stereocenters. The van der Waals surface area contributed by atoms with Gasteiger partial charge in [0.25, 0.3) is 5.56 Å². The summed E-state index contributed by atoms with van der Waals surface area (Å²) in [5.41, 5.74) is 2.13. The van der Waals surface area contributed by atoms with Crippen LogP contribution in [0.4, 0.5) is 0 Å². The number of aromatic hydroxyl groups is 1. The molecule has 112 valence electrons. The fourth-order valence-corrected chi connectivity index (χ4v) is 3.30. The zero-order chi connectivity index (χ0) is 14.5. The minimum absolute atomic E-state index is 0.0901. The van der Waals surface area contributed by atoms with Crippen molar-refractivity contribution in [3.63, 3.8) is 0 Å². The SMILES string of the molecule is Cc1[nH]c(=O)c(C2CCCCCCCCC2)c(O)c1C. The molecule has 1 saturated carbocycles. The van der Waals surface area contributed by atoms with Crippen molar-refractivity contribution in [2.24, 2.45) is 0 Å². The van der Waals surface area contributed by atoms with Gasteiger partial charge in [-0.05, 0) is 32.6 Å². The van der Waals surface area contributed by atoms with Gasteiger partial charge in [0.2, 0.25) is 0 Å². The van der Waals surface area contributed by atoms with Crippen LogP contribution in [-0.4, -0.2) is 10.1 Å². The third kappa shape index (κ3) is 3.44. The zero-order valence-corrected chi connectivity index (χ0v) is 12.8. The number of aromatic amines is 1. The van der Waals surface area contributed by atoms with Crippen LogP contribution in [0.2, 0.25) is 0 Å². The number of pyridine rings is 1. The summed E-state index contributed by atoms with van der Waals surface area (Å²) < 4.78 is 0. The van der Waals surface area contributed by atoms with Gasteiger partial charge in [-0.1, -0.05) is 44.9 Å². The van der Waals surface area contributed by atoms with Gasteiger partial charge >= 0.3 is 0 Å². The van der Waals surface area contributed by atoms with Gasteiger partial charge in [0, 0.05) is 11.3 Å². The van der Waals surface area contributed by atoms with E-state index in [1.54, 1.807) is 0 Å². The zero-order valence-electron chi connectivity index (χ0n) is 12.8. The Kier molecular flexibility index (Phi) is 5.27. The predicted molar refractivity (Wildman–Crippen MR) is 82.5 cm³/mol. The van der Waals surface area contributed by atoms with E-state index >= 15 is 0 Å². The average Bonchev–Trinajstić information content (AvgIpc) is 2.43. The second-order valence-corrected chi connectivity index (χ2v) is 6.22. The number of hydrogen-bond acceptors (Lipinski definition) is 2. The summed E-state index contributed by atoms with van der Waals surface area (Å²) >= 11 is 0. The van der Waals surface area contributed by atoms with E-state index in [2.05, 4.69) is 4.98 Å². The lowest BCUT2D eigenvalue weighted by Crippen LogP contribution is -2.19. The molecule has 0 aromatic carbocycles. The molecule has 3 heteroatoms. The number of rotatable bonds is 1. The summed E-state index contributed by atoms with van der Waals surface area (Å²) in [5.74, 6) is 0.449. The Morgan fingerprint density at radius 3 is 2.00 bits per heavy atom. The molecule has 1 aliphatic carbocycles. The van der Waals surface area contributed by atoms with E-state index in [1.807, 2.05) is 13.8 Å². The number of aromatic nitrogens is 1. The van der Waals surface area contributed by atoms with E-state index in [9.17, 15) is 9.90 Å². The van der Waals surface area contributed by atoms with Gasteiger partial charge in [-0.2, -0.15) is 0 Å². The van der Waals surface area contributed by atoms with Crippen LogP contribution in [0.5, 0.6) is 5.75 Å². The molecule has 2 rings (SSSR count). The van der Waals surface area contributed by atoms with Crippen LogP contribution >= 0.6 is 0 Å². The van der Waals surface area contributed by atoms with Crippen molar-refractivity contribution in [1.82, 2.24) is 4.98 Å². The van der Waals surface area contributed by atoms with Crippen molar-refractivity contribution in [2.45, 2.75) is 77.6 Å². The summed E-state index contributed by atoms with van der Waals surface area (Å²) in [6.45, 7) is 3.72. The number of H-pyrrole nitrogens is 1. The quantitative estimate of drug-likeness (QED) is 0.804. The van der Waals surface area contributed by atoms with Gasteiger partial charge < -0.3 is 10.1 Å². The first-order valence-corrected chi connectivity index (χ1v) is 8.03. The summed E-state index contributed by atoms with van der Waals surface area (Å²) in [5, 5.41) is 10.4. The topological polar surface area (TPSA) is 53.1 Å². The molecule has 3 nitrogen and oxygen atoms in total. The average molecular weight is 277 g/mol. The van der Waals surface area contributed by atoms with Gasteiger partial charge in [-0.3, -0.25) is 4.79 Å². The van der Waals surface area contributed by atoms with Crippen LogP contribution in [0.15, 0.2) is 4.79 Å². The smallest absolute Gasteiger partial charge is 0.255 e. The molecule has 0 amide bonds. The molecule has 20 heavy (non-hydrogen) atoms. The third-order valence-electron chi connectivity index (χ3n) is 4.73. The highest BCUT2D eigenvalue weighted by Gasteiger charge is 2.21. The van der Waals surface area contributed by atoms with Crippen molar-refractivity contribution >= 4 is 0 Å². The van der Waals surface area contributed by atoms with Gasteiger partial charge in [0.1, 0.15) is 5.75 Å². The first kappa shape index (κ1) is 15.1. The molecule has 1 aromatic heterocycles. The molecular weight excluding hydrogens is 250 g/mol. The molecule has 1 aromatic rings. The highest BCUT2D eigenvalue weighted by molar-refractivity contribution is 5.42. The first-order chi connectivity index (χ1) is 9.61. The Morgan fingerprint density at radius 1 is 0.950 bits per heavy atom. The second kappa shape index (κ2) is 6.96. The van der Waals surface area contributed by atoms with Crippen molar-refractivity contribution in [3.8, 4) is 5.75 Å². The largest absolute Gasteiger partial charge is 0.507 e. The second-order valence-electron chi connectivity index (χ2n) is 6.22. The number of nitrogens with one attached hydrogen (secondary N) is 1. The van der Waals surface area contributed by atoms with Crippen molar-refractivity contribution in [1.29, 1.82) is 0 Å². The van der Waals surface area contributed by atoms with E-state index in [1.165, 1.54) is 32.1 Å². The molecule has 0 radical (unpaired) electrons. The molecule has 1 aliphatic rings.